The molecule has 1 nitrogen and oxygen atoms in total. The van der Waals surface area contributed by atoms with E-state index in [1.807, 2.05) is 0 Å². The van der Waals surface area contributed by atoms with Crippen molar-refractivity contribution < 1.29 is 0 Å². The first kappa shape index (κ1) is 13.5. The lowest BCUT2D eigenvalue weighted by Crippen LogP contribution is -2.25. The molecule has 1 heterocycles. The van der Waals surface area contributed by atoms with Crippen LogP contribution in [0.4, 0.5) is 0 Å². The minimum Gasteiger partial charge on any atom is -0.310 e. The Morgan fingerprint density at radius 1 is 1.26 bits per heavy atom. The highest BCUT2D eigenvalue weighted by atomic mass is 32.2. The van der Waals surface area contributed by atoms with Gasteiger partial charge in [-0.05, 0) is 79.7 Å². The molecule has 2 aliphatic rings. The lowest BCUT2D eigenvalue weighted by Gasteiger charge is -2.21. The van der Waals surface area contributed by atoms with Crippen LogP contribution >= 0.6 is 11.8 Å². The summed E-state index contributed by atoms with van der Waals surface area (Å²) in [4.78, 5) is 0. The summed E-state index contributed by atoms with van der Waals surface area (Å²) in [5.74, 6) is 3.61. The molecule has 2 unspecified atom stereocenters. The van der Waals surface area contributed by atoms with E-state index in [2.05, 4.69) is 42.2 Å². The van der Waals surface area contributed by atoms with Gasteiger partial charge < -0.3 is 5.32 Å². The SMILES string of the molecule is CC(NCC1CCSC1)c1ccc2c(c1)CCCC2. The standard InChI is InChI=1S/C17H25NS/c1-13(18-11-14-8-9-19-12-14)16-7-6-15-4-2-3-5-17(15)10-16/h6-7,10,13-14,18H,2-5,8-9,11-12H2,1H3. The summed E-state index contributed by atoms with van der Waals surface area (Å²) in [6, 6.07) is 7.66. The van der Waals surface area contributed by atoms with Crippen LogP contribution in [-0.4, -0.2) is 18.1 Å². The predicted molar refractivity (Wildman–Crippen MR) is 84.9 cm³/mol. The van der Waals surface area contributed by atoms with Gasteiger partial charge in [-0.2, -0.15) is 11.8 Å². The molecule has 1 fully saturated rings. The highest BCUT2D eigenvalue weighted by Crippen LogP contribution is 2.26. The van der Waals surface area contributed by atoms with E-state index in [9.17, 15) is 0 Å². The largest absolute Gasteiger partial charge is 0.310 e. The van der Waals surface area contributed by atoms with Crippen molar-refractivity contribution in [1.82, 2.24) is 5.32 Å². The Labute approximate surface area is 121 Å². The Morgan fingerprint density at radius 3 is 2.89 bits per heavy atom. The smallest absolute Gasteiger partial charge is 0.0292 e. The first-order chi connectivity index (χ1) is 9.33. The van der Waals surface area contributed by atoms with Crippen LogP contribution < -0.4 is 5.32 Å². The van der Waals surface area contributed by atoms with Crippen molar-refractivity contribution in [1.29, 1.82) is 0 Å². The molecular formula is C17H25NS. The van der Waals surface area contributed by atoms with Crippen LogP contribution in [0.25, 0.3) is 0 Å². The van der Waals surface area contributed by atoms with Gasteiger partial charge in [0.2, 0.25) is 0 Å². The van der Waals surface area contributed by atoms with E-state index in [0.29, 0.717) is 6.04 Å². The lowest BCUT2D eigenvalue weighted by atomic mass is 9.89. The van der Waals surface area contributed by atoms with Crippen molar-refractivity contribution in [3.63, 3.8) is 0 Å². The molecule has 1 saturated heterocycles. The topological polar surface area (TPSA) is 12.0 Å². The minimum atomic E-state index is 0.498. The molecule has 104 valence electrons. The Morgan fingerprint density at radius 2 is 2.11 bits per heavy atom. The molecule has 1 aliphatic heterocycles. The van der Waals surface area contributed by atoms with Gasteiger partial charge >= 0.3 is 0 Å². The molecule has 2 atom stereocenters. The maximum absolute atomic E-state index is 3.73. The Bertz CT molecular complexity index is 423. The predicted octanol–water partition coefficient (Wildman–Crippen LogP) is 3.97. The maximum atomic E-state index is 3.73. The van der Waals surface area contributed by atoms with E-state index >= 15 is 0 Å². The third-order valence-corrected chi connectivity index (χ3v) is 5.84. The molecule has 0 bridgehead atoms. The summed E-state index contributed by atoms with van der Waals surface area (Å²) in [5.41, 5.74) is 4.68. The van der Waals surface area contributed by atoms with Crippen LogP contribution in [0.15, 0.2) is 18.2 Å². The second-order valence-corrected chi connectivity index (χ2v) is 7.24. The fraction of sp³-hybridized carbons (Fsp3) is 0.647. The quantitative estimate of drug-likeness (QED) is 0.892. The number of benzene rings is 1. The number of hydrogen-bond acceptors (Lipinski definition) is 2. The summed E-state index contributed by atoms with van der Waals surface area (Å²) in [6.07, 6.45) is 6.72. The van der Waals surface area contributed by atoms with E-state index in [0.717, 1.165) is 5.92 Å². The van der Waals surface area contributed by atoms with Crippen molar-refractivity contribution in [3.05, 3.63) is 34.9 Å². The third-order valence-electron chi connectivity index (χ3n) is 4.61. The zero-order valence-corrected chi connectivity index (χ0v) is 12.8. The molecule has 0 aromatic heterocycles. The van der Waals surface area contributed by atoms with Gasteiger partial charge in [-0.25, -0.2) is 0 Å². The van der Waals surface area contributed by atoms with Crippen LogP contribution in [0, 0.1) is 5.92 Å². The highest BCUT2D eigenvalue weighted by molar-refractivity contribution is 7.99. The minimum absolute atomic E-state index is 0.498. The highest BCUT2D eigenvalue weighted by Gasteiger charge is 2.17. The van der Waals surface area contributed by atoms with Crippen LogP contribution in [-0.2, 0) is 12.8 Å². The summed E-state index contributed by atoms with van der Waals surface area (Å²) >= 11 is 2.11. The Hall–Kier alpha value is -0.470. The monoisotopic (exact) mass is 275 g/mol. The van der Waals surface area contributed by atoms with Gasteiger partial charge in [0.15, 0.2) is 0 Å². The van der Waals surface area contributed by atoms with Gasteiger partial charge in [0.1, 0.15) is 0 Å². The maximum Gasteiger partial charge on any atom is 0.0292 e. The van der Waals surface area contributed by atoms with Crippen LogP contribution in [0.3, 0.4) is 0 Å². The molecule has 1 aromatic rings. The molecular weight excluding hydrogens is 250 g/mol. The molecule has 0 spiro atoms. The first-order valence-electron chi connectivity index (χ1n) is 7.76. The third kappa shape index (κ3) is 3.35. The van der Waals surface area contributed by atoms with Crippen molar-refractivity contribution >= 4 is 11.8 Å². The molecule has 0 radical (unpaired) electrons. The van der Waals surface area contributed by atoms with E-state index in [1.54, 1.807) is 11.1 Å². The second kappa shape index (κ2) is 6.32. The summed E-state index contributed by atoms with van der Waals surface area (Å²) < 4.78 is 0. The fourth-order valence-electron chi connectivity index (χ4n) is 3.23. The molecule has 2 heteroatoms. The number of nitrogens with one attached hydrogen (secondary N) is 1. The molecule has 3 rings (SSSR count). The molecule has 0 saturated carbocycles. The van der Waals surface area contributed by atoms with Crippen molar-refractivity contribution in [3.8, 4) is 0 Å². The van der Waals surface area contributed by atoms with Crippen LogP contribution in [0.2, 0.25) is 0 Å². The zero-order chi connectivity index (χ0) is 13.1. The van der Waals surface area contributed by atoms with Gasteiger partial charge in [0.25, 0.3) is 0 Å². The average molecular weight is 275 g/mol. The molecule has 1 N–H and O–H groups in total. The number of rotatable bonds is 4. The number of aryl methyl sites for hydroxylation is 2. The Kier molecular flexibility index (Phi) is 4.49. The number of fused-ring (bicyclic) bond motifs is 1. The van der Waals surface area contributed by atoms with Crippen LogP contribution in [0.1, 0.15) is 48.9 Å². The molecule has 1 aliphatic carbocycles. The van der Waals surface area contributed by atoms with Crippen molar-refractivity contribution in [2.24, 2.45) is 5.92 Å². The summed E-state index contributed by atoms with van der Waals surface area (Å²) in [7, 11) is 0. The number of hydrogen-bond donors (Lipinski definition) is 1. The van der Waals surface area contributed by atoms with E-state index < -0.39 is 0 Å². The van der Waals surface area contributed by atoms with E-state index in [-0.39, 0.29) is 0 Å². The normalized spacial score (nSPS) is 24.2. The van der Waals surface area contributed by atoms with Crippen molar-refractivity contribution in [2.75, 3.05) is 18.1 Å². The first-order valence-corrected chi connectivity index (χ1v) is 8.91. The second-order valence-electron chi connectivity index (χ2n) is 6.09. The van der Waals surface area contributed by atoms with Gasteiger partial charge in [-0.3, -0.25) is 0 Å². The van der Waals surface area contributed by atoms with E-state index in [4.69, 9.17) is 0 Å². The number of thioether (sulfide) groups is 1. The zero-order valence-electron chi connectivity index (χ0n) is 12.0. The molecule has 1 aromatic carbocycles. The lowest BCUT2D eigenvalue weighted by molar-refractivity contribution is 0.477. The fourth-order valence-corrected chi connectivity index (χ4v) is 4.51. The molecule has 19 heavy (non-hydrogen) atoms. The van der Waals surface area contributed by atoms with Crippen molar-refractivity contribution in [2.45, 2.75) is 45.1 Å². The molecule has 0 amide bonds. The summed E-state index contributed by atoms with van der Waals surface area (Å²) in [6.45, 7) is 3.50. The van der Waals surface area contributed by atoms with Gasteiger partial charge in [-0.15, -0.1) is 0 Å². The average Bonchev–Trinajstić information content (AvgIpc) is 2.97. The van der Waals surface area contributed by atoms with Gasteiger partial charge in [0, 0.05) is 6.04 Å². The van der Waals surface area contributed by atoms with Gasteiger partial charge in [-0.1, -0.05) is 18.2 Å². The summed E-state index contributed by atoms with van der Waals surface area (Å²) in [5, 5.41) is 3.73. The van der Waals surface area contributed by atoms with Crippen LogP contribution in [0.5, 0.6) is 0 Å². The van der Waals surface area contributed by atoms with E-state index in [1.165, 1.54) is 55.7 Å². The van der Waals surface area contributed by atoms with Gasteiger partial charge in [0.05, 0.1) is 0 Å². The Balaban J connectivity index is 1.60.